The zero-order chi connectivity index (χ0) is 27.4. The third-order valence-corrected chi connectivity index (χ3v) is 5.32. The topological polar surface area (TPSA) is 97.1 Å². The molecule has 4 aromatic rings. The van der Waals surface area contributed by atoms with E-state index < -0.39 is 35.3 Å². The van der Waals surface area contributed by atoms with E-state index in [1.54, 1.807) is 18.2 Å². The molecule has 0 radical (unpaired) electrons. The van der Waals surface area contributed by atoms with Crippen molar-refractivity contribution < 1.29 is 31.6 Å². The molecule has 11 heteroatoms. The second kappa shape index (κ2) is 10.8. The highest BCUT2D eigenvalue weighted by atomic mass is 19.4. The highest BCUT2D eigenvalue weighted by Gasteiger charge is 2.42. The molecular weight excluding hydrogens is 504 g/mol. The molecule has 0 aliphatic heterocycles. The van der Waals surface area contributed by atoms with Crippen molar-refractivity contribution in [3.63, 3.8) is 0 Å². The summed E-state index contributed by atoms with van der Waals surface area (Å²) >= 11 is 0. The Labute approximate surface area is 214 Å². The van der Waals surface area contributed by atoms with E-state index in [0.29, 0.717) is 17.8 Å². The van der Waals surface area contributed by atoms with Gasteiger partial charge in [-0.3, -0.25) is 14.6 Å². The first-order valence-electron chi connectivity index (χ1n) is 11.5. The van der Waals surface area contributed by atoms with Crippen LogP contribution in [-0.2, 0) is 6.18 Å². The van der Waals surface area contributed by atoms with E-state index in [4.69, 9.17) is 4.42 Å². The van der Waals surface area contributed by atoms with Gasteiger partial charge in [-0.2, -0.15) is 13.2 Å². The fourth-order valence-electron chi connectivity index (χ4n) is 3.45. The van der Waals surface area contributed by atoms with Crippen LogP contribution in [0, 0.1) is 11.7 Å². The van der Waals surface area contributed by atoms with E-state index in [1.165, 1.54) is 42.6 Å². The van der Waals surface area contributed by atoms with E-state index >= 15 is 0 Å². The Kier molecular flexibility index (Phi) is 7.56. The number of pyridine rings is 1. The lowest BCUT2D eigenvalue weighted by Crippen LogP contribution is -2.28. The van der Waals surface area contributed by atoms with Crippen LogP contribution < -0.4 is 10.6 Å². The lowest BCUT2D eigenvalue weighted by atomic mass is 10.1. The average Bonchev–Trinajstić information content (AvgIpc) is 3.35. The quantitative estimate of drug-likeness (QED) is 0.280. The van der Waals surface area contributed by atoms with Crippen molar-refractivity contribution in [2.75, 3.05) is 11.9 Å². The van der Waals surface area contributed by atoms with Crippen LogP contribution in [0.25, 0.3) is 22.7 Å². The summed E-state index contributed by atoms with van der Waals surface area (Å²) in [4.78, 5) is 32.8. The molecular formula is C27H22F4N4O3. The van der Waals surface area contributed by atoms with Gasteiger partial charge in [0.15, 0.2) is 5.69 Å². The number of benzene rings is 2. The fourth-order valence-corrected chi connectivity index (χ4v) is 3.45. The first-order chi connectivity index (χ1) is 18.0. The van der Waals surface area contributed by atoms with Gasteiger partial charge in [0.05, 0.1) is 23.1 Å². The fraction of sp³-hybridized carbons (Fsp3) is 0.185. The normalized spacial score (nSPS) is 11.4. The number of oxazole rings is 1. The van der Waals surface area contributed by atoms with Gasteiger partial charge in [-0.1, -0.05) is 38.1 Å². The third kappa shape index (κ3) is 6.05. The van der Waals surface area contributed by atoms with Gasteiger partial charge in [0.1, 0.15) is 5.82 Å². The average molecular weight is 526 g/mol. The van der Waals surface area contributed by atoms with Gasteiger partial charge >= 0.3 is 6.18 Å². The molecule has 0 fully saturated rings. The van der Waals surface area contributed by atoms with Crippen LogP contribution >= 0.6 is 0 Å². The molecule has 2 amide bonds. The van der Waals surface area contributed by atoms with Crippen molar-refractivity contribution in [2.24, 2.45) is 5.92 Å². The van der Waals surface area contributed by atoms with Crippen LogP contribution in [0.1, 0.15) is 40.5 Å². The molecule has 2 heterocycles. The minimum atomic E-state index is -4.95. The smallest absolute Gasteiger partial charge is 0.431 e. The Morgan fingerprint density at radius 1 is 0.974 bits per heavy atom. The molecule has 0 bridgehead atoms. The molecule has 4 rings (SSSR count). The summed E-state index contributed by atoms with van der Waals surface area (Å²) in [5.41, 5.74) is 0.0130. The van der Waals surface area contributed by atoms with Crippen molar-refractivity contribution in [1.82, 2.24) is 15.3 Å². The van der Waals surface area contributed by atoms with Gasteiger partial charge in [-0.05, 0) is 42.3 Å². The maximum atomic E-state index is 14.6. The molecule has 0 atom stereocenters. The third-order valence-electron chi connectivity index (χ3n) is 5.32. The number of carbonyl (C=O) groups is 2. The number of nitrogens with zero attached hydrogens (tertiary/aromatic N) is 2. The number of anilines is 1. The Balaban J connectivity index is 1.51. The summed E-state index contributed by atoms with van der Waals surface area (Å²) in [6.07, 6.45) is -3.74. The minimum absolute atomic E-state index is 0.0845. The van der Waals surface area contributed by atoms with E-state index in [1.807, 2.05) is 13.8 Å². The number of carbonyl (C=O) groups excluding carboxylic acids is 2. The van der Waals surface area contributed by atoms with Crippen molar-refractivity contribution in [3.05, 3.63) is 89.7 Å². The SMILES string of the molecule is CC(C)CNC(=O)c1ccc(-c2ccc(NC(=O)c3nc(-c4ccccc4)oc3C(F)(F)F)cn2)cc1F. The maximum absolute atomic E-state index is 14.6. The number of halogens is 4. The maximum Gasteiger partial charge on any atom is 0.452 e. The largest absolute Gasteiger partial charge is 0.452 e. The molecule has 0 saturated heterocycles. The van der Waals surface area contributed by atoms with Crippen LogP contribution in [0.2, 0.25) is 0 Å². The number of hydrogen-bond acceptors (Lipinski definition) is 5. The van der Waals surface area contributed by atoms with E-state index in [9.17, 15) is 27.2 Å². The summed E-state index contributed by atoms with van der Waals surface area (Å²) in [7, 11) is 0. The van der Waals surface area contributed by atoms with Gasteiger partial charge in [0, 0.05) is 17.7 Å². The van der Waals surface area contributed by atoms with Gasteiger partial charge in [0.2, 0.25) is 11.7 Å². The molecule has 0 aliphatic rings. The lowest BCUT2D eigenvalue weighted by Gasteiger charge is -2.10. The van der Waals surface area contributed by atoms with Crippen molar-refractivity contribution in [3.8, 4) is 22.7 Å². The van der Waals surface area contributed by atoms with Crippen LogP contribution in [0.5, 0.6) is 0 Å². The van der Waals surface area contributed by atoms with Gasteiger partial charge < -0.3 is 15.1 Å². The van der Waals surface area contributed by atoms with Crippen molar-refractivity contribution >= 4 is 17.5 Å². The standard InChI is InChI=1S/C27H22F4N4O3/c1-15(2)13-33-24(36)19-10-8-17(12-20(19)28)21-11-9-18(14-32-21)34-25(37)22-23(27(29,30)31)38-26(35-22)16-6-4-3-5-7-16/h3-12,14-15H,13H2,1-2H3,(H,33,36)(H,34,37). The first-order valence-corrected chi connectivity index (χ1v) is 11.5. The summed E-state index contributed by atoms with van der Waals surface area (Å²) in [5, 5.41) is 4.97. The van der Waals surface area contributed by atoms with Crippen molar-refractivity contribution in [1.29, 1.82) is 0 Å². The Morgan fingerprint density at radius 2 is 1.71 bits per heavy atom. The molecule has 0 spiro atoms. The van der Waals surface area contributed by atoms with Crippen LogP contribution in [0.3, 0.4) is 0 Å². The second-order valence-corrected chi connectivity index (χ2v) is 8.75. The van der Waals surface area contributed by atoms with Gasteiger partial charge in [-0.15, -0.1) is 0 Å². The van der Waals surface area contributed by atoms with Crippen LogP contribution in [-0.4, -0.2) is 28.3 Å². The highest BCUT2D eigenvalue weighted by molar-refractivity contribution is 6.04. The summed E-state index contributed by atoms with van der Waals surface area (Å²) in [6.45, 7) is 4.24. The molecule has 196 valence electrons. The molecule has 0 aliphatic carbocycles. The Hall–Kier alpha value is -4.54. The molecule has 0 unspecified atom stereocenters. The summed E-state index contributed by atoms with van der Waals surface area (Å²) in [6, 6.07) is 14.7. The molecule has 0 saturated carbocycles. The summed E-state index contributed by atoms with van der Waals surface area (Å²) in [5.74, 6) is -4.06. The van der Waals surface area contributed by atoms with E-state index in [-0.39, 0.29) is 28.6 Å². The molecule has 2 N–H and O–H groups in total. The molecule has 2 aromatic heterocycles. The minimum Gasteiger partial charge on any atom is -0.431 e. The van der Waals surface area contributed by atoms with Gasteiger partial charge in [0.25, 0.3) is 11.8 Å². The van der Waals surface area contributed by atoms with Crippen LogP contribution in [0.15, 0.2) is 71.3 Å². The zero-order valence-corrected chi connectivity index (χ0v) is 20.3. The van der Waals surface area contributed by atoms with Crippen LogP contribution in [0.4, 0.5) is 23.2 Å². The first kappa shape index (κ1) is 26.5. The van der Waals surface area contributed by atoms with E-state index in [2.05, 4.69) is 20.6 Å². The predicted octanol–water partition coefficient (Wildman–Crippen LogP) is 6.20. The number of alkyl halides is 3. The monoisotopic (exact) mass is 526 g/mol. The molecule has 2 aromatic carbocycles. The molecule has 7 nitrogen and oxygen atoms in total. The zero-order valence-electron chi connectivity index (χ0n) is 20.3. The number of amides is 2. The number of nitrogens with one attached hydrogen (secondary N) is 2. The number of rotatable bonds is 7. The summed E-state index contributed by atoms with van der Waals surface area (Å²) < 4.78 is 60.0. The Bertz CT molecular complexity index is 1450. The Morgan fingerprint density at radius 3 is 2.32 bits per heavy atom. The number of hydrogen-bond donors (Lipinski definition) is 2. The highest BCUT2D eigenvalue weighted by Crippen LogP contribution is 2.35. The van der Waals surface area contributed by atoms with Gasteiger partial charge in [-0.25, -0.2) is 9.37 Å². The van der Waals surface area contributed by atoms with Crippen molar-refractivity contribution in [2.45, 2.75) is 20.0 Å². The number of aromatic nitrogens is 2. The second-order valence-electron chi connectivity index (χ2n) is 8.75. The van der Waals surface area contributed by atoms with E-state index in [0.717, 1.165) is 6.07 Å². The lowest BCUT2D eigenvalue weighted by molar-refractivity contribution is -0.153. The molecule has 38 heavy (non-hydrogen) atoms. The predicted molar refractivity (Wildman–Crippen MR) is 132 cm³/mol.